The lowest BCUT2D eigenvalue weighted by Gasteiger charge is -2.34. The maximum atomic E-state index is 15.9. The van der Waals surface area contributed by atoms with Crippen LogP contribution in [0.5, 0.6) is 0 Å². The van der Waals surface area contributed by atoms with Crippen LogP contribution in [0.3, 0.4) is 0 Å². The van der Waals surface area contributed by atoms with Gasteiger partial charge in [0.05, 0.1) is 11.4 Å². The summed E-state index contributed by atoms with van der Waals surface area (Å²) in [5, 5.41) is 3.06. The minimum absolute atomic E-state index is 0.376. The number of nitrogens with zero attached hydrogens (tertiary/aromatic N) is 2. The molecule has 0 saturated carbocycles. The highest BCUT2D eigenvalue weighted by molar-refractivity contribution is 6.59. The molecule has 4 rings (SSSR count). The zero-order valence-corrected chi connectivity index (χ0v) is 16.5. The van der Waals surface area contributed by atoms with Gasteiger partial charge in [-0.15, -0.1) is 0 Å². The van der Waals surface area contributed by atoms with Crippen molar-refractivity contribution >= 4 is 24.1 Å². The molecular formula is C21H25BF2N4. The van der Waals surface area contributed by atoms with Crippen molar-refractivity contribution in [2.24, 2.45) is 5.73 Å². The van der Waals surface area contributed by atoms with Gasteiger partial charge in [-0.3, -0.25) is 0 Å². The Labute approximate surface area is 164 Å². The highest BCUT2D eigenvalue weighted by atomic mass is 19.2. The fourth-order valence-electron chi connectivity index (χ4n) is 4.58. The fourth-order valence-corrected chi connectivity index (χ4v) is 4.58. The molecule has 2 aliphatic rings. The molecule has 4 nitrogen and oxygen atoms in total. The third-order valence-corrected chi connectivity index (χ3v) is 5.75. The highest BCUT2D eigenvalue weighted by Crippen LogP contribution is 2.45. The van der Waals surface area contributed by atoms with E-state index in [1.807, 2.05) is 44.2 Å². The first-order valence-electron chi connectivity index (χ1n) is 9.74. The van der Waals surface area contributed by atoms with Crippen LogP contribution in [0.15, 0.2) is 59.3 Å². The quantitative estimate of drug-likeness (QED) is 0.766. The zero-order valence-electron chi connectivity index (χ0n) is 16.5. The Bertz CT molecular complexity index is 1030. The summed E-state index contributed by atoms with van der Waals surface area (Å²) in [4.78, 5) is 0. The van der Waals surface area contributed by atoms with Gasteiger partial charge >= 0.3 is 6.97 Å². The minimum atomic E-state index is -4.02. The number of benzene rings is 1. The van der Waals surface area contributed by atoms with E-state index in [0.29, 0.717) is 36.0 Å². The second-order valence-electron chi connectivity index (χ2n) is 7.28. The molecule has 1 aromatic heterocycles. The Morgan fingerprint density at radius 3 is 2.46 bits per heavy atom. The number of nitrogens with one attached hydrogen (secondary N) is 1. The molecule has 0 fully saturated rings. The molecule has 28 heavy (non-hydrogen) atoms. The Kier molecular flexibility index (Phi) is 4.50. The average molecular weight is 382 g/mol. The number of halogens is 2. The molecule has 3 N–H and O–H groups in total. The van der Waals surface area contributed by atoms with Gasteiger partial charge in [-0.25, -0.2) is 0 Å². The number of allylic oxidation sites excluding steroid dienone is 2. The number of hydrogen-bond donors (Lipinski definition) is 2. The standard InChI is InChI=1S/C21H25BF2N4/c1-4-17-14(2)21-20(16-8-6-5-7-9-16)18-10-11-19(26-13-12-25)28(18)22(23,24)27(21)15(17)3/h5-11,26H,4,12-13,25H2,1-3H3. The largest absolute Gasteiger partial charge is 0.738 e. The van der Waals surface area contributed by atoms with Crippen molar-refractivity contribution in [1.82, 2.24) is 4.48 Å². The van der Waals surface area contributed by atoms with Crippen molar-refractivity contribution in [3.8, 4) is 0 Å². The smallest absolute Gasteiger partial charge is 0.389 e. The normalized spacial score (nSPS) is 17.9. The van der Waals surface area contributed by atoms with Crippen LogP contribution in [0.25, 0.3) is 5.57 Å². The van der Waals surface area contributed by atoms with Gasteiger partial charge in [0.25, 0.3) is 0 Å². The van der Waals surface area contributed by atoms with Crippen LogP contribution in [0.2, 0.25) is 0 Å². The first-order valence-corrected chi connectivity index (χ1v) is 9.74. The molecule has 0 amide bonds. The molecule has 146 valence electrons. The Hall–Kier alpha value is -2.67. The van der Waals surface area contributed by atoms with Gasteiger partial charge in [-0.1, -0.05) is 37.3 Å². The van der Waals surface area contributed by atoms with Crippen LogP contribution >= 0.6 is 0 Å². The van der Waals surface area contributed by atoms with E-state index in [-0.39, 0.29) is 0 Å². The summed E-state index contributed by atoms with van der Waals surface area (Å²) in [6.45, 7) is 2.56. The molecule has 7 heteroatoms. The van der Waals surface area contributed by atoms with Crippen molar-refractivity contribution in [2.75, 3.05) is 18.4 Å². The van der Waals surface area contributed by atoms with E-state index in [2.05, 4.69) is 5.32 Å². The van der Waals surface area contributed by atoms with Crippen LogP contribution in [0.4, 0.5) is 14.4 Å². The van der Waals surface area contributed by atoms with E-state index < -0.39 is 6.97 Å². The maximum absolute atomic E-state index is 15.9. The first-order chi connectivity index (χ1) is 13.4. The molecule has 0 unspecified atom stereocenters. The molecule has 0 saturated heterocycles. The van der Waals surface area contributed by atoms with Gasteiger partial charge in [0.1, 0.15) is 5.71 Å². The number of rotatable bonds is 5. The molecule has 0 radical (unpaired) electrons. The monoisotopic (exact) mass is 382 g/mol. The van der Waals surface area contributed by atoms with Crippen molar-refractivity contribution in [1.29, 1.82) is 0 Å². The predicted octanol–water partition coefficient (Wildman–Crippen LogP) is 4.07. The van der Waals surface area contributed by atoms with Crippen molar-refractivity contribution < 1.29 is 13.1 Å². The van der Waals surface area contributed by atoms with Crippen molar-refractivity contribution in [2.45, 2.75) is 27.2 Å². The topological polar surface area (TPSA) is 46.0 Å². The summed E-state index contributed by atoms with van der Waals surface area (Å²) in [6, 6.07) is 13.3. The number of aromatic nitrogens is 1. The molecular weight excluding hydrogens is 357 g/mol. The van der Waals surface area contributed by atoms with E-state index in [4.69, 9.17) is 5.73 Å². The van der Waals surface area contributed by atoms with E-state index >= 15 is 8.63 Å². The lowest BCUT2D eigenvalue weighted by molar-refractivity contribution is -0.363. The number of anilines is 1. The van der Waals surface area contributed by atoms with Gasteiger partial charge in [0.15, 0.2) is 5.70 Å². The van der Waals surface area contributed by atoms with Gasteiger partial charge in [-0.05, 0) is 31.0 Å². The minimum Gasteiger partial charge on any atom is -0.389 e. The third kappa shape index (κ3) is 2.49. The average Bonchev–Trinajstić information content (AvgIpc) is 3.21. The van der Waals surface area contributed by atoms with E-state index in [1.54, 1.807) is 19.1 Å². The summed E-state index contributed by atoms with van der Waals surface area (Å²) < 4.78 is 34.2. The van der Waals surface area contributed by atoms with Gasteiger partial charge in [0.2, 0.25) is 0 Å². The van der Waals surface area contributed by atoms with Gasteiger partial charge < -0.3 is 28.6 Å². The summed E-state index contributed by atoms with van der Waals surface area (Å²) in [5.41, 5.74) is 11.1. The lowest BCUT2D eigenvalue weighted by atomic mass is 9.85. The fraction of sp³-hybridized carbons (Fsp3) is 0.286. The summed E-state index contributed by atoms with van der Waals surface area (Å²) in [6.07, 6.45) is 0.721. The second-order valence-corrected chi connectivity index (χ2v) is 7.28. The predicted molar refractivity (Wildman–Crippen MR) is 112 cm³/mol. The van der Waals surface area contributed by atoms with Gasteiger partial charge in [0, 0.05) is 36.9 Å². The third-order valence-electron chi connectivity index (χ3n) is 5.75. The maximum Gasteiger partial charge on any atom is 0.738 e. The molecule has 1 aromatic carbocycles. The van der Waals surface area contributed by atoms with Crippen LogP contribution in [-0.2, 0) is 0 Å². The summed E-state index contributed by atoms with van der Waals surface area (Å²) in [7, 11) is 0. The molecule has 2 aromatic rings. The van der Waals surface area contributed by atoms with Crippen molar-refractivity contribution in [3.05, 3.63) is 70.6 Å². The van der Waals surface area contributed by atoms with Crippen LogP contribution < -0.4 is 11.1 Å². The molecule has 0 bridgehead atoms. The summed E-state index contributed by atoms with van der Waals surface area (Å²) >= 11 is 0. The molecule has 0 spiro atoms. The highest BCUT2D eigenvalue weighted by Gasteiger charge is 2.56. The molecule has 0 aliphatic carbocycles. The number of hydrogen-bond acceptors (Lipinski definition) is 2. The van der Waals surface area contributed by atoms with E-state index in [9.17, 15) is 0 Å². The molecule has 2 aliphatic heterocycles. The van der Waals surface area contributed by atoms with Crippen LogP contribution in [0, 0.1) is 0 Å². The first kappa shape index (κ1) is 18.7. The van der Waals surface area contributed by atoms with Crippen LogP contribution in [0.1, 0.15) is 38.4 Å². The zero-order chi connectivity index (χ0) is 20.1. The summed E-state index contributed by atoms with van der Waals surface area (Å²) in [5.74, 6) is 0.397. The van der Waals surface area contributed by atoms with Crippen molar-refractivity contribution in [3.63, 3.8) is 0 Å². The Morgan fingerprint density at radius 2 is 1.82 bits per heavy atom. The SMILES string of the molecule is CCC1=C(C)C2=C(c3ccccc3)c3ccc(NCCN)n3[B-](F)(F)[N+]2=C1C. The second kappa shape index (κ2) is 6.74. The molecule has 0 atom stereocenters. The van der Waals surface area contributed by atoms with Gasteiger partial charge in [-0.2, -0.15) is 0 Å². The lowest BCUT2D eigenvalue weighted by Crippen LogP contribution is -2.51. The number of nitrogens with two attached hydrogens (primary N) is 1. The Morgan fingerprint density at radius 1 is 1.11 bits per heavy atom. The van der Waals surface area contributed by atoms with E-state index in [1.165, 1.54) is 4.49 Å². The Balaban J connectivity index is 2.08. The number of fused-ring (bicyclic) bond motifs is 2. The molecule has 3 heterocycles. The van der Waals surface area contributed by atoms with Crippen LogP contribution in [-0.4, -0.2) is 34.7 Å². The van der Waals surface area contributed by atoms with E-state index in [0.717, 1.165) is 33.2 Å².